The summed E-state index contributed by atoms with van der Waals surface area (Å²) in [5.41, 5.74) is 3.73. The van der Waals surface area contributed by atoms with Gasteiger partial charge >= 0.3 is 5.97 Å². The number of aromatic nitrogens is 2. The van der Waals surface area contributed by atoms with E-state index in [2.05, 4.69) is 53.9 Å². The van der Waals surface area contributed by atoms with E-state index in [1.165, 1.54) is 5.56 Å². The van der Waals surface area contributed by atoms with Gasteiger partial charge in [-0.15, -0.1) is 0 Å². The molecule has 152 valence electrons. The Morgan fingerprint density at radius 1 is 1.18 bits per heavy atom. The first-order chi connectivity index (χ1) is 13.4. The van der Waals surface area contributed by atoms with E-state index >= 15 is 0 Å². The van der Waals surface area contributed by atoms with E-state index in [0.717, 1.165) is 37.0 Å². The molecule has 3 rings (SSSR count). The smallest absolute Gasteiger partial charge is 0.359 e. The molecule has 0 aliphatic carbocycles. The van der Waals surface area contributed by atoms with Gasteiger partial charge in [0.2, 0.25) is 0 Å². The average molecular weight is 402 g/mol. The molecule has 1 aromatic carbocycles. The Hall–Kier alpha value is -1.96. The average Bonchev–Trinajstić information content (AvgIpc) is 3.18. The molecule has 2 heterocycles. The molecule has 0 unspecified atom stereocenters. The van der Waals surface area contributed by atoms with E-state index in [-0.39, 0.29) is 5.97 Å². The summed E-state index contributed by atoms with van der Waals surface area (Å²) in [6.07, 6.45) is 0. The lowest BCUT2D eigenvalue weighted by molar-refractivity contribution is 0.0506. The molecule has 7 heteroatoms. The van der Waals surface area contributed by atoms with Crippen LogP contribution in [0.2, 0.25) is 25.7 Å². The second-order valence-electron chi connectivity index (χ2n) is 8.47. The van der Waals surface area contributed by atoms with Crippen molar-refractivity contribution in [3.63, 3.8) is 0 Å². The van der Waals surface area contributed by atoms with Gasteiger partial charge in [-0.3, -0.25) is 4.90 Å². The third-order valence-electron chi connectivity index (χ3n) is 4.85. The van der Waals surface area contributed by atoms with Crippen molar-refractivity contribution < 1.29 is 14.3 Å². The minimum Gasteiger partial charge on any atom is -0.461 e. The molecule has 0 radical (unpaired) electrons. The molecule has 28 heavy (non-hydrogen) atoms. The lowest BCUT2D eigenvalue weighted by Gasteiger charge is -2.17. The van der Waals surface area contributed by atoms with Crippen molar-refractivity contribution in [1.82, 2.24) is 14.7 Å². The highest BCUT2D eigenvalue weighted by molar-refractivity contribution is 6.76. The summed E-state index contributed by atoms with van der Waals surface area (Å²) in [6, 6.07) is 11.5. The molecule has 0 atom stereocenters. The number of carbonyl (C=O) groups excluding carboxylic acids is 1. The summed E-state index contributed by atoms with van der Waals surface area (Å²) in [7, 11) is -1.13. The van der Waals surface area contributed by atoms with Crippen molar-refractivity contribution in [3.05, 3.63) is 52.8 Å². The first-order valence-corrected chi connectivity index (χ1v) is 13.7. The fraction of sp³-hybridized carbons (Fsp3) is 0.524. The Balaban J connectivity index is 1.72. The predicted octanol–water partition coefficient (Wildman–Crippen LogP) is 3.89. The summed E-state index contributed by atoms with van der Waals surface area (Å²) in [5, 5.41) is 4.53. The van der Waals surface area contributed by atoms with Gasteiger partial charge in [0, 0.05) is 39.9 Å². The van der Waals surface area contributed by atoms with Crippen LogP contribution in [0.1, 0.15) is 34.2 Å². The summed E-state index contributed by atoms with van der Waals surface area (Å²) < 4.78 is 13.0. The van der Waals surface area contributed by atoms with Crippen molar-refractivity contribution in [2.45, 2.75) is 59.0 Å². The van der Waals surface area contributed by atoms with E-state index in [1.54, 1.807) is 0 Å². The Kier molecular flexibility index (Phi) is 6.69. The molecular formula is C21H31N3O3Si. The summed E-state index contributed by atoms with van der Waals surface area (Å²) in [5.74, 6) is -0.346. The number of hydrogen-bond acceptors (Lipinski definition) is 5. The van der Waals surface area contributed by atoms with Crippen LogP contribution in [0.15, 0.2) is 30.3 Å². The van der Waals surface area contributed by atoms with E-state index in [1.807, 2.05) is 17.7 Å². The fourth-order valence-corrected chi connectivity index (χ4v) is 4.08. The van der Waals surface area contributed by atoms with Crippen LogP contribution >= 0.6 is 0 Å². The van der Waals surface area contributed by atoms with Gasteiger partial charge in [0.25, 0.3) is 0 Å². The van der Waals surface area contributed by atoms with Crippen LogP contribution < -0.4 is 0 Å². The molecule has 1 aromatic heterocycles. The van der Waals surface area contributed by atoms with Gasteiger partial charge in [-0.1, -0.05) is 50.0 Å². The SMILES string of the molecule is CCOC(=O)c1nn(COCC[Si](C)(C)C)c2c1CN(Cc1ccccc1)C2. The normalized spacial score (nSPS) is 14.3. The van der Waals surface area contributed by atoms with Crippen molar-refractivity contribution in [2.75, 3.05) is 13.2 Å². The van der Waals surface area contributed by atoms with E-state index < -0.39 is 8.07 Å². The van der Waals surface area contributed by atoms with E-state index in [9.17, 15) is 4.79 Å². The Morgan fingerprint density at radius 3 is 2.61 bits per heavy atom. The number of nitrogens with zero attached hydrogens (tertiary/aromatic N) is 3. The number of ether oxygens (including phenoxy) is 2. The Labute approximate surface area is 168 Å². The van der Waals surface area contributed by atoms with E-state index in [4.69, 9.17) is 9.47 Å². The second kappa shape index (κ2) is 9.02. The van der Waals surface area contributed by atoms with Crippen molar-refractivity contribution in [1.29, 1.82) is 0 Å². The van der Waals surface area contributed by atoms with Crippen LogP contribution in [0, 0.1) is 0 Å². The van der Waals surface area contributed by atoms with Gasteiger partial charge in [-0.25, -0.2) is 9.48 Å². The van der Waals surface area contributed by atoms with Gasteiger partial charge < -0.3 is 9.47 Å². The molecule has 0 saturated heterocycles. The van der Waals surface area contributed by atoms with Crippen molar-refractivity contribution in [3.8, 4) is 0 Å². The maximum Gasteiger partial charge on any atom is 0.359 e. The van der Waals surface area contributed by atoms with Crippen LogP contribution in [-0.4, -0.2) is 41.9 Å². The van der Waals surface area contributed by atoms with Crippen LogP contribution in [0.5, 0.6) is 0 Å². The molecule has 0 spiro atoms. The monoisotopic (exact) mass is 401 g/mol. The first kappa shape index (κ1) is 20.8. The van der Waals surface area contributed by atoms with Crippen LogP contribution in [-0.2, 0) is 35.8 Å². The quantitative estimate of drug-likeness (QED) is 0.362. The number of esters is 1. The largest absolute Gasteiger partial charge is 0.461 e. The standard InChI is InChI=1S/C21H31N3O3Si/c1-5-27-21(25)20-18-14-23(13-17-9-7-6-8-10-17)15-19(18)24(22-20)16-26-11-12-28(2,3)4/h6-10H,5,11-16H2,1-4H3. The summed E-state index contributed by atoms with van der Waals surface area (Å²) in [4.78, 5) is 14.7. The molecule has 2 aromatic rings. The number of rotatable bonds is 9. The fourth-order valence-electron chi connectivity index (χ4n) is 3.32. The number of fused-ring (bicyclic) bond motifs is 1. The minimum atomic E-state index is -1.13. The van der Waals surface area contributed by atoms with Gasteiger partial charge in [-0.05, 0) is 18.5 Å². The number of hydrogen-bond donors (Lipinski definition) is 0. The molecule has 0 fully saturated rings. The number of carbonyl (C=O) groups is 1. The third kappa shape index (κ3) is 5.30. The second-order valence-corrected chi connectivity index (χ2v) is 14.1. The molecule has 0 bridgehead atoms. The van der Waals surface area contributed by atoms with Crippen LogP contribution in [0.25, 0.3) is 0 Å². The summed E-state index contributed by atoms with van der Waals surface area (Å²) in [6.45, 7) is 12.6. The Bertz CT molecular complexity index is 799. The van der Waals surface area contributed by atoms with Crippen LogP contribution in [0.4, 0.5) is 0 Å². The third-order valence-corrected chi connectivity index (χ3v) is 6.55. The van der Waals surface area contributed by atoms with Gasteiger partial charge in [0.05, 0.1) is 12.3 Å². The van der Waals surface area contributed by atoms with E-state index in [0.29, 0.717) is 25.6 Å². The lowest BCUT2D eigenvalue weighted by Crippen LogP contribution is -2.23. The molecule has 6 nitrogen and oxygen atoms in total. The molecular weight excluding hydrogens is 370 g/mol. The topological polar surface area (TPSA) is 56.6 Å². The molecule has 1 aliphatic rings. The van der Waals surface area contributed by atoms with Crippen LogP contribution in [0.3, 0.4) is 0 Å². The van der Waals surface area contributed by atoms with Gasteiger partial charge in [-0.2, -0.15) is 5.10 Å². The molecule has 0 saturated carbocycles. The van der Waals surface area contributed by atoms with Gasteiger partial charge in [0.15, 0.2) is 5.69 Å². The maximum absolute atomic E-state index is 12.4. The predicted molar refractivity (Wildman–Crippen MR) is 112 cm³/mol. The first-order valence-electron chi connectivity index (χ1n) is 9.97. The zero-order chi connectivity index (χ0) is 20.1. The molecule has 0 amide bonds. The number of benzene rings is 1. The van der Waals surface area contributed by atoms with Crippen molar-refractivity contribution in [2.24, 2.45) is 0 Å². The highest BCUT2D eigenvalue weighted by Crippen LogP contribution is 2.28. The molecule has 0 N–H and O–H groups in total. The zero-order valence-corrected chi connectivity index (χ0v) is 18.4. The van der Waals surface area contributed by atoms with Crippen molar-refractivity contribution >= 4 is 14.0 Å². The summed E-state index contributed by atoms with van der Waals surface area (Å²) >= 11 is 0. The molecule has 1 aliphatic heterocycles. The zero-order valence-electron chi connectivity index (χ0n) is 17.4. The van der Waals surface area contributed by atoms with Gasteiger partial charge in [0.1, 0.15) is 6.73 Å². The lowest BCUT2D eigenvalue weighted by atomic mass is 10.2. The highest BCUT2D eigenvalue weighted by Gasteiger charge is 2.31. The Morgan fingerprint density at radius 2 is 1.93 bits per heavy atom. The maximum atomic E-state index is 12.4. The highest BCUT2D eigenvalue weighted by atomic mass is 28.3. The minimum absolute atomic E-state index is 0.346.